The molecule has 0 aliphatic heterocycles. The Hall–Kier alpha value is -2.58. The molecule has 0 saturated carbocycles. The fourth-order valence-corrected chi connectivity index (χ4v) is 1.56. The number of hydrogen-bond donors (Lipinski definition) is 0. The van der Waals surface area contributed by atoms with Crippen LogP contribution in [0.5, 0.6) is 0 Å². The molecule has 0 bridgehead atoms. The maximum absolute atomic E-state index is 11.5. The first-order valence-electron chi connectivity index (χ1n) is 7.08. The molecular formula is C18H20O4. The molecule has 0 atom stereocenters. The minimum absolute atomic E-state index is 0.283. The Labute approximate surface area is 130 Å². The fourth-order valence-electron chi connectivity index (χ4n) is 1.56. The van der Waals surface area contributed by atoms with Crippen molar-refractivity contribution in [2.24, 2.45) is 0 Å². The minimum atomic E-state index is -0.419. The largest absolute Gasteiger partial charge is 0.465 e. The first-order chi connectivity index (χ1) is 10.7. The SMILES string of the molecule is COC(=O)C=C=CCCC/C=C/C(=O)OCc1ccccc1. The summed E-state index contributed by atoms with van der Waals surface area (Å²) in [5, 5.41) is 0. The van der Waals surface area contributed by atoms with Crippen LogP contribution in [0.3, 0.4) is 0 Å². The van der Waals surface area contributed by atoms with Crippen molar-refractivity contribution < 1.29 is 19.1 Å². The van der Waals surface area contributed by atoms with Gasteiger partial charge in [0.05, 0.1) is 13.2 Å². The van der Waals surface area contributed by atoms with Crippen molar-refractivity contribution in [2.75, 3.05) is 7.11 Å². The molecule has 4 heteroatoms. The lowest BCUT2D eigenvalue weighted by Crippen LogP contribution is -2.00. The highest BCUT2D eigenvalue weighted by atomic mass is 16.5. The lowest BCUT2D eigenvalue weighted by Gasteiger charge is -2.01. The van der Waals surface area contributed by atoms with E-state index in [0.29, 0.717) is 0 Å². The normalized spacial score (nSPS) is 9.86. The van der Waals surface area contributed by atoms with Gasteiger partial charge in [0.15, 0.2) is 0 Å². The van der Waals surface area contributed by atoms with E-state index in [2.05, 4.69) is 10.5 Å². The van der Waals surface area contributed by atoms with E-state index in [0.717, 1.165) is 24.8 Å². The Kier molecular flexibility index (Phi) is 8.83. The smallest absolute Gasteiger partial charge is 0.338 e. The molecule has 1 rings (SSSR count). The zero-order valence-electron chi connectivity index (χ0n) is 12.7. The molecule has 0 N–H and O–H groups in total. The molecule has 116 valence electrons. The van der Waals surface area contributed by atoms with Gasteiger partial charge in [-0.3, -0.25) is 0 Å². The van der Waals surface area contributed by atoms with Gasteiger partial charge in [0.25, 0.3) is 0 Å². The van der Waals surface area contributed by atoms with Gasteiger partial charge < -0.3 is 9.47 Å². The van der Waals surface area contributed by atoms with E-state index < -0.39 is 5.97 Å². The third kappa shape index (κ3) is 8.56. The van der Waals surface area contributed by atoms with Crippen molar-refractivity contribution in [2.45, 2.75) is 25.9 Å². The van der Waals surface area contributed by atoms with Crippen molar-refractivity contribution in [1.29, 1.82) is 0 Å². The lowest BCUT2D eigenvalue weighted by atomic mass is 10.2. The Bertz CT molecular complexity index is 552. The quantitative estimate of drug-likeness (QED) is 0.320. The van der Waals surface area contributed by atoms with Gasteiger partial charge in [-0.25, -0.2) is 9.59 Å². The summed E-state index contributed by atoms with van der Waals surface area (Å²) in [5.74, 6) is -0.762. The Balaban J connectivity index is 2.14. The first kappa shape index (κ1) is 17.5. The van der Waals surface area contributed by atoms with Crippen LogP contribution in [0.1, 0.15) is 24.8 Å². The van der Waals surface area contributed by atoms with Crippen molar-refractivity contribution >= 4 is 11.9 Å². The van der Waals surface area contributed by atoms with Crippen molar-refractivity contribution in [3.05, 3.63) is 65.9 Å². The monoisotopic (exact) mass is 300 g/mol. The van der Waals surface area contributed by atoms with E-state index in [1.807, 2.05) is 30.3 Å². The van der Waals surface area contributed by atoms with Crippen LogP contribution in [-0.4, -0.2) is 19.0 Å². The van der Waals surface area contributed by atoms with Gasteiger partial charge in [0.1, 0.15) is 6.61 Å². The highest BCUT2D eigenvalue weighted by molar-refractivity contribution is 5.82. The average Bonchev–Trinajstić information content (AvgIpc) is 2.56. The van der Waals surface area contributed by atoms with Crippen LogP contribution in [0.15, 0.2) is 60.4 Å². The molecule has 0 unspecified atom stereocenters. The van der Waals surface area contributed by atoms with Gasteiger partial charge in [0.2, 0.25) is 0 Å². The molecule has 0 aliphatic rings. The summed E-state index contributed by atoms with van der Waals surface area (Å²) in [7, 11) is 1.32. The molecular weight excluding hydrogens is 280 g/mol. The van der Waals surface area contributed by atoms with E-state index in [1.54, 1.807) is 12.2 Å². The van der Waals surface area contributed by atoms with Crippen molar-refractivity contribution in [3.63, 3.8) is 0 Å². The highest BCUT2D eigenvalue weighted by Gasteiger charge is 1.97. The molecule has 0 spiro atoms. The second kappa shape index (κ2) is 11.1. The summed E-state index contributed by atoms with van der Waals surface area (Å²) in [6.45, 7) is 0.283. The molecule has 0 aromatic heterocycles. The van der Waals surface area contributed by atoms with Crippen LogP contribution in [0.25, 0.3) is 0 Å². The molecule has 0 aliphatic carbocycles. The van der Waals surface area contributed by atoms with Gasteiger partial charge >= 0.3 is 11.9 Å². The molecule has 1 aromatic carbocycles. The van der Waals surface area contributed by atoms with E-state index in [1.165, 1.54) is 19.3 Å². The molecule has 0 amide bonds. The summed E-state index contributed by atoms with van der Waals surface area (Å²) < 4.78 is 9.55. The zero-order valence-corrected chi connectivity index (χ0v) is 12.7. The predicted octanol–water partition coefficient (Wildman–Crippen LogP) is 3.34. The Morgan fingerprint density at radius 2 is 1.91 bits per heavy atom. The van der Waals surface area contributed by atoms with Crippen molar-refractivity contribution in [1.82, 2.24) is 0 Å². The summed E-state index contributed by atoms with van der Waals surface area (Å²) in [6, 6.07) is 9.54. The third-order valence-corrected chi connectivity index (χ3v) is 2.72. The van der Waals surface area contributed by atoms with Gasteiger partial charge in [-0.15, -0.1) is 5.73 Å². The van der Waals surface area contributed by atoms with Crippen LogP contribution in [0, 0.1) is 0 Å². The second-order valence-electron chi connectivity index (χ2n) is 4.46. The molecule has 4 nitrogen and oxygen atoms in total. The topological polar surface area (TPSA) is 52.6 Å². The maximum atomic E-state index is 11.5. The number of rotatable bonds is 8. The summed E-state index contributed by atoms with van der Waals surface area (Å²) in [4.78, 5) is 22.2. The maximum Gasteiger partial charge on any atom is 0.338 e. The number of ether oxygens (including phenoxy) is 2. The Morgan fingerprint density at radius 1 is 1.14 bits per heavy atom. The number of esters is 2. The second-order valence-corrected chi connectivity index (χ2v) is 4.46. The number of carbonyl (C=O) groups is 2. The lowest BCUT2D eigenvalue weighted by molar-refractivity contribution is -0.139. The van der Waals surface area contributed by atoms with Gasteiger partial charge in [-0.05, 0) is 30.9 Å². The van der Waals surface area contributed by atoms with Crippen molar-refractivity contribution in [3.8, 4) is 0 Å². The zero-order chi connectivity index (χ0) is 16.0. The number of unbranched alkanes of at least 4 members (excludes halogenated alkanes) is 2. The van der Waals surface area contributed by atoms with Crippen LogP contribution in [0.2, 0.25) is 0 Å². The number of carbonyl (C=O) groups excluding carboxylic acids is 2. The summed E-state index contributed by atoms with van der Waals surface area (Å²) in [5.41, 5.74) is 3.70. The van der Waals surface area contributed by atoms with Gasteiger partial charge in [-0.1, -0.05) is 36.4 Å². The number of allylic oxidation sites excluding steroid dienone is 1. The first-order valence-corrected chi connectivity index (χ1v) is 7.08. The average molecular weight is 300 g/mol. The highest BCUT2D eigenvalue weighted by Crippen LogP contribution is 2.02. The molecule has 0 fully saturated rings. The van der Waals surface area contributed by atoms with E-state index in [9.17, 15) is 9.59 Å². The minimum Gasteiger partial charge on any atom is -0.465 e. The van der Waals surface area contributed by atoms with E-state index in [4.69, 9.17) is 4.74 Å². The van der Waals surface area contributed by atoms with Gasteiger partial charge in [-0.2, -0.15) is 0 Å². The van der Waals surface area contributed by atoms with E-state index in [-0.39, 0.29) is 12.6 Å². The molecule has 22 heavy (non-hydrogen) atoms. The van der Waals surface area contributed by atoms with Crippen LogP contribution >= 0.6 is 0 Å². The van der Waals surface area contributed by atoms with Gasteiger partial charge in [0, 0.05) is 6.08 Å². The fraction of sp³-hybridized carbons (Fsp3) is 0.278. The number of methoxy groups -OCH3 is 1. The van der Waals surface area contributed by atoms with Crippen LogP contribution in [-0.2, 0) is 25.7 Å². The summed E-state index contributed by atoms with van der Waals surface area (Å²) in [6.07, 6.45) is 8.63. The molecule has 0 saturated heterocycles. The van der Waals surface area contributed by atoms with Crippen LogP contribution < -0.4 is 0 Å². The Morgan fingerprint density at radius 3 is 2.64 bits per heavy atom. The predicted molar refractivity (Wildman–Crippen MR) is 83.9 cm³/mol. The molecule has 0 radical (unpaired) electrons. The van der Waals surface area contributed by atoms with Crippen LogP contribution in [0.4, 0.5) is 0 Å². The number of benzene rings is 1. The standard InChI is InChI=1S/C18H20O4/c1-21-17(19)13-9-4-2-3-5-10-14-18(20)22-15-16-11-7-6-8-12-16/h4,6-8,10-14H,2-3,5,15H2,1H3/b14-10+. The third-order valence-electron chi connectivity index (χ3n) is 2.72. The number of hydrogen-bond acceptors (Lipinski definition) is 4. The molecule has 1 aromatic rings. The van der Waals surface area contributed by atoms with E-state index >= 15 is 0 Å². The summed E-state index contributed by atoms with van der Waals surface area (Å²) >= 11 is 0. The molecule has 0 heterocycles.